The highest BCUT2D eigenvalue weighted by atomic mass is 32.2. The molecule has 28 heavy (non-hydrogen) atoms. The van der Waals surface area contributed by atoms with E-state index in [2.05, 4.69) is 16.7 Å². The highest BCUT2D eigenvalue weighted by Gasteiger charge is 2.30. The van der Waals surface area contributed by atoms with Crippen molar-refractivity contribution in [2.75, 3.05) is 11.9 Å². The first kappa shape index (κ1) is 20.2. The lowest BCUT2D eigenvalue weighted by Gasteiger charge is -2.25. The van der Waals surface area contributed by atoms with Gasteiger partial charge in [0, 0.05) is 18.3 Å². The third-order valence-corrected chi connectivity index (χ3v) is 7.15. The number of thioether (sulfide) groups is 1. The number of thiophene rings is 1. The average molecular weight is 423 g/mol. The molecule has 2 aromatic rings. The molecule has 9 nitrogen and oxygen atoms in total. The van der Waals surface area contributed by atoms with Crippen molar-refractivity contribution in [3.05, 3.63) is 26.4 Å². The molecular weight excluding hydrogens is 402 g/mol. The van der Waals surface area contributed by atoms with Crippen molar-refractivity contribution in [3.8, 4) is 6.07 Å². The molecule has 11 heteroatoms. The number of nitrogens with zero attached hydrogens (tertiary/aromatic N) is 3. The zero-order valence-corrected chi connectivity index (χ0v) is 17.3. The minimum absolute atomic E-state index is 0.0104. The Balaban J connectivity index is 1.81. The normalized spacial score (nSPS) is 14.3. The first-order chi connectivity index (χ1) is 13.3. The molecule has 1 aliphatic rings. The van der Waals surface area contributed by atoms with Gasteiger partial charge in [0.25, 0.3) is 0 Å². The minimum Gasteiger partial charge on any atom is -0.337 e. The number of H-pyrrole nitrogens is 1. The number of aromatic amines is 1. The maximum absolute atomic E-state index is 12.8. The molecule has 2 aromatic heterocycles. The number of nitrogens with one attached hydrogen (secondary N) is 2. The molecule has 1 unspecified atom stereocenters. The van der Waals surface area contributed by atoms with Crippen LogP contribution in [0, 0.1) is 11.3 Å². The first-order valence-corrected chi connectivity index (χ1v) is 10.4. The van der Waals surface area contributed by atoms with Crippen LogP contribution in [0.3, 0.4) is 0 Å². The Hall–Kier alpha value is -2.58. The lowest BCUT2D eigenvalue weighted by molar-refractivity contribution is -0.772. The molecule has 0 radical (unpaired) electrons. The van der Waals surface area contributed by atoms with Crippen molar-refractivity contribution >= 4 is 39.9 Å². The van der Waals surface area contributed by atoms with Gasteiger partial charge in [-0.25, -0.2) is 4.79 Å². The monoisotopic (exact) mass is 422 g/mol. The van der Waals surface area contributed by atoms with E-state index in [-0.39, 0.29) is 11.8 Å². The van der Waals surface area contributed by atoms with Gasteiger partial charge in [-0.1, -0.05) is 11.6 Å². The predicted octanol–water partition coefficient (Wildman–Crippen LogP) is 1.14. The number of anilines is 1. The third-order valence-electron chi connectivity index (χ3n) is 4.52. The van der Waals surface area contributed by atoms with Crippen LogP contribution in [0.15, 0.2) is 14.3 Å². The standard InChI is InChI=1S/C17H19N5O4S2/c1-4-12(28-16-17(25)26-20-21(16)3)14(24)19-15-11(7-18)10-5-6-22(9(2)23)8-13(10)27-15/h12H,4-6,8H2,1-3H3,(H-,19,20,24,25)/p+1. The Morgan fingerprint density at radius 2 is 2.29 bits per heavy atom. The fraction of sp³-hybridized carbons (Fsp3) is 0.471. The lowest BCUT2D eigenvalue weighted by Crippen LogP contribution is -2.35. The van der Waals surface area contributed by atoms with Crippen LogP contribution < -0.4 is 15.6 Å². The summed E-state index contributed by atoms with van der Waals surface area (Å²) in [5.41, 5.74) is 0.828. The van der Waals surface area contributed by atoms with E-state index < -0.39 is 10.9 Å². The highest BCUT2D eigenvalue weighted by molar-refractivity contribution is 8.00. The molecule has 0 saturated heterocycles. The van der Waals surface area contributed by atoms with E-state index in [0.717, 1.165) is 22.2 Å². The molecule has 0 spiro atoms. The number of hydrogen-bond donors (Lipinski definition) is 2. The van der Waals surface area contributed by atoms with E-state index in [9.17, 15) is 19.6 Å². The zero-order chi connectivity index (χ0) is 20.4. The van der Waals surface area contributed by atoms with E-state index in [1.54, 1.807) is 11.9 Å². The molecule has 3 heterocycles. The maximum atomic E-state index is 12.8. The van der Waals surface area contributed by atoms with Gasteiger partial charge in [-0.05, 0) is 35.4 Å². The molecule has 1 aliphatic heterocycles. The highest BCUT2D eigenvalue weighted by Crippen LogP contribution is 2.37. The van der Waals surface area contributed by atoms with Crippen LogP contribution in [0.25, 0.3) is 0 Å². The summed E-state index contributed by atoms with van der Waals surface area (Å²) >= 11 is 2.44. The molecule has 0 aromatic carbocycles. The van der Waals surface area contributed by atoms with Crippen LogP contribution in [0.1, 0.15) is 36.3 Å². The summed E-state index contributed by atoms with van der Waals surface area (Å²) in [6.07, 6.45) is 1.09. The van der Waals surface area contributed by atoms with Gasteiger partial charge in [0.05, 0.1) is 17.4 Å². The van der Waals surface area contributed by atoms with Crippen molar-refractivity contribution in [2.45, 2.75) is 43.5 Å². The predicted molar refractivity (Wildman–Crippen MR) is 103 cm³/mol. The third kappa shape index (κ3) is 3.83. The number of nitriles is 1. The Bertz CT molecular complexity index is 1020. The summed E-state index contributed by atoms with van der Waals surface area (Å²) in [6.45, 7) is 4.38. The first-order valence-electron chi connectivity index (χ1n) is 8.70. The van der Waals surface area contributed by atoms with Crippen LogP contribution in [0.2, 0.25) is 0 Å². The molecular formula is C17H20N5O4S2+. The average Bonchev–Trinajstić information content (AvgIpc) is 3.17. The van der Waals surface area contributed by atoms with E-state index >= 15 is 0 Å². The summed E-state index contributed by atoms with van der Waals surface area (Å²) in [5.74, 6) is -0.296. The van der Waals surface area contributed by atoms with Gasteiger partial charge in [0.1, 0.15) is 11.1 Å². The number of aryl methyl sites for hydroxylation is 1. The van der Waals surface area contributed by atoms with Gasteiger partial charge in [-0.3, -0.25) is 14.1 Å². The van der Waals surface area contributed by atoms with Crippen LogP contribution in [-0.4, -0.2) is 33.8 Å². The molecule has 0 fully saturated rings. The number of carbonyl (C=O) groups is 2. The van der Waals surface area contributed by atoms with Crippen molar-refractivity contribution in [1.29, 1.82) is 5.26 Å². The summed E-state index contributed by atoms with van der Waals surface area (Å²) in [5, 5.41) is 15.1. The second kappa shape index (κ2) is 8.20. The number of hydrogen-bond acceptors (Lipinski definition) is 7. The topological polar surface area (TPSA) is 123 Å². The molecule has 0 aliphatic carbocycles. The number of rotatable bonds is 5. The van der Waals surface area contributed by atoms with E-state index in [1.807, 2.05) is 6.92 Å². The molecule has 0 bridgehead atoms. The van der Waals surface area contributed by atoms with Gasteiger partial charge >= 0.3 is 10.7 Å². The van der Waals surface area contributed by atoms with Gasteiger partial charge in [-0.15, -0.1) is 11.3 Å². The number of fused-ring (bicyclic) bond motifs is 1. The van der Waals surface area contributed by atoms with Crippen LogP contribution in [0.4, 0.5) is 5.00 Å². The Kier molecular flexibility index (Phi) is 5.90. The SMILES string of the molecule is CCC(Sc1c(=O)o[nH][n+]1C)C(=O)Nc1sc2c(c1C#N)CCN(C(C)=O)C2. The molecule has 2 N–H and O–H groups in total. The number of amides is 2. The van der Waals surface area contributed by atoms with Crippen LogP contribution in [0.5, 0.6) is 0 Å². The Morgan fingerprint density at radius 3 is 2.86 bits per heavy atom. The Morgan fingerprint density at radius 1 is 1.54 bits per heavy atom. The lowest BCUT2D eigenvalue weighted by atomic mass is 10.0. The molecule has 1 atom stereocenters. The zero-order valence-electron chi connectivity index (χ0n) is 15.7. The van der Waals surface area contributed by atoms with Crippen molar-refractivity contribution in [3.63, 3.8) is 0 Å². The largest absolute Gasteiger partial charge is 0.441 e. The fourth-order valence-corrected chi connectivity index (χ4v) is 5.14. The van der Waals surface area contributed by atoms with E-state index in [4.69, 9.17) is 4.52 Å². The van der Waals surface area contributed by atoms with Crippen molar-refractivity contribution in [1.82, 2.24) is 10.2 Å². The molecule has 2 amide bonds. The van der Waals surface area contributed by atoms with Gasteiger partial charge in [-0.2, -0.15) is 5.26 Å². The summed E-state index contributed by atoms with van der Waals surface area (Å²) < 4.78 is 6.14. The summed E-state index contributed by atoms with van der Waals surface area (Å²) in [7, 11) is 1.62. The summed E-state index contributed by atoms with van der Waals surface area (Å²) in [6, 6.07) is 2.19. The number of carbonyl (C=O) groups excluding carboxylic acids is 2. The summed E-state index contributed by atoms with van der Waals surface area (Å²) in [4.78, 5) is 38.8. The number of aromatic nitrogens is 2. The second-order valence-corrected chi connectivity index (χ2v) is 8.66. The molecule has 0 saturated carbocycles. The quantitative estimate of drug-likeness (QED) is 0.550. The van der Waals surface area contributed by atoms with Crippen LogP contribution >= 0.6 is 23.1 Å². The van der Waals surface area contributed by atoms with E-state index in [1.165, 1.54) is 22.9 Å². The van der Waals surface area contributed by atoms with Crippen molar-refractivity contribution in [2.24, 2.45) is 7.05 Å². The smallest absolute Gasteiger partial charge is 0.337 e. The van der Waals surface area contributed by atoms with Gasteiger partial charge in [0.2, 0.25) is 11.8 Å². The maximum Gasteiger partial charge on any atom is 0.441 e. The van der Waals surface area contributed by atoms with E-state index in [0.29, 0.717) is 41.5 Å². The van der Waals surface area contributed by atoms with Crippen LogP contribution in [-0.2, 0) is 29.6 Å². The van der Waals surface area contributed by atoms with Gasteiger partial charge < -0.3 is 10.2 Å². The second-order valence-electron chi connectivity index (χ2n) is 6.36. The Labute approximate surface area is 169 Å². The van der Waals surface area contributed by atoms with Gasteiger partial charge in [0.15, 0.2) is 7.05 Å². The minimum atomic E-state index is -0.535. The fourth-order valence-electron chi connectivity index (χ4n) is 2.99. The molecule has 148 valence electrons. The van der Waals surface area contributed by atoms with Crippen molar-refractivity contribution < 1.29 is 18.8 Å². The molecule has 3 rings (SSSR count).